The monoisotopic (exact) mass is 286 g/mol. The predicted octanol–water partition coefficient (Wildman–Crippen LogP) is 4.65. The maximum absolute atomic E-state index is 13.1. The number of hydrogen-bond donors (Lipinski definition) is 1. The summed E-state index contributed by atoms with van der Waals surface area (Å²) in [5, 5.41) is 10.4. The molecule has 0 radical (unpaired) electrons. The molecule has 1 saturated carbocycles. The SMILES string of the molecule is CCc1cccc(C(O)C2CCCCC2C(F)(F)F)c1. The fourth-order valence-corrected chi connectivity index (χ4v) is 3.19. The van der Waals surface area contributed by atoms with Gasteiger partial charge in [0.25, 0.3) is 0 Å². The quantitative estimate of drug-likeness (QED) is 0.857. The molecule has 1 N–H and O–H groups in total. The zero-order valence-electron chi connectivity index (χ0n) is 11.7. The maximum Gasteiger partial charge on any atom is 0.392 e. The van der Waals surface area contributed by atoms with Crippen molar-refractivity contribution < 1.29 is 18.3 Å². The van der Waals surface area contributed by atoms with Crippen molar-refractivity contribution in [2.24, 2.45) is 11.8 Å². The standard InChI is InChI=1S/C16H21F3O/c1-2-11-6-5-7-12(10-11)15(20)13-8-3-4-9-14(13)16(17,18)19/h5-7,10,13-15,20H,2-4,8-9H2,1H3. The summed E-state index contributed by atoms with van der Waals surface area (Å²) in [4.78, 5) is 0. The average Bonchev–Trinajstić information content (AvgIpc) is 2.45. The molecule has 20 heavy (non-hydrogen) atoms. The Hall–Kier alpha value is -1.03. The molecule has 3 unspecified atom stereocenters. The Kier molecular flexibility index (Phi) is 4.74. The molecule has 0 bridgehead atoms. The zero-order chi connectivity index (χ0) is 14.8. The molecular formula is C16H21F3O. The second-order valence-corrected chi connectivity index (χ2v) is 5.64. The number of aliphatic hydroxyl groups excluding tert-OH is 1. The van der Waals surface area contributed by atoms with Gasteiger partial charge in [0.15, 0.2) is 0 Å². The van der Waals surface area contributed by atoms with E-state index >= 15 is 0 Å². The second kappa shape index (κ2) is 6.17. The van der Waals surface area contributed by atoms with Crippen LogP contribution in [0.4, 0.5) is 13.2 Å². The lowest BCUT2D eigenvalue weighted by atomic mass is 9.74. The van der Waals surface area contributed by atoms with Crippen LogP contribution in [0.3, 0.4) is 0 Å². The minimum atomic E-state index is -4.21. The van der Waals surface area contributed by atoms with Crippen LogP contribution >= 0.6 is 0 Å². The Bertz CT molecular complexity index is 442. The molecule has 1 aromatic rings. The van der Waals surface area contributed by atoms with E-state index in [9.17, 15) is 18.3 Å². The van der Waals surface area contributed by atoms with E-state index in [1.165, 1.54) is 0 Å². The molecule has 0 aliphatic heterocycles. The van der Waals surface area contributed by atoms with Crippen molar-refractivity contribution in [1.29, 1.82) is 0 Å². The van der Waals surface area contributed by atoms with Crippen molar-refractivity contribution in [3.63, 3.8) is 0 Å². The topological polar surface area (TPSA) is 20.2 Å². The fraction of sp³-hybridized carbons (Fsp3) is 0.625. The summed E-state index contributed by atoms with van der Waals surface area (Å²) in [6.45, 7) is 1.99. The molecule has 1 fully saturated rings. The number of hydrogen-bond acceptors (Lipinski definition) is 1. The van der Waals surface area contributed by atoms with E-state index in [2.05, 4.69) is 0 Å². The number of benzene rings is 1. The second-order valence-electron chi connectivity index (χ2n) is 5.64. The molecule has 0 aromatic heterocycles. The predicted molar refractivity (Wildman–Crippen MR) is 72.3 cm³/mol. The smallest absolute Gasteiger partial charge is 0.388 e. The summed E-state index contributed by atoms with van der Waals surface area (Å²) in [5.41, 5.74) is 1.66. The molecule has 1 nitrogen and oxygen atoms in total. The van der Waals surface area contributed by atoms with Crippen LogP contribution in [0.2, 0.25) is 0 Å². The minimum Gasteiger partial charge on any atom is -0.388 e. The van der Waals surface area contributed by atoms with E-state index in [1.54, 1.807) is 6.07 Å². The number of alkyl halides is 3. The lowest BCUT2D eigenvalue weighted by Gasteiger charge is -2.36. The molecule has 1 aromatic carbocycles. The van der Waals surface area contributed by atoms with E-state index in [0.717, 1.165) is 18.4 Å². The van der Waals surface area contributed by atoms with E-state index in [-0.39, 0.29) is 6.42 Å². The highest BCUT2D eigenvalue weighted by molar-refractivity contribution is 5.25. The first kappa shape index (κ1) is 15.4. The third-order valence-electron chi connectivity index (χ3n) is 4.35. The van der Waals surface area contributed by atoms with Crippen molar-refractivity contribution in [2.75, 3.05) is 0 Å². The van der Waals surface area contributed by atoms with Crippen LogP contribution in [0.25, 0.3) is 0 Å². The Labute approximate surface area is 117 Å². The Morgan fingerprint density at radius 2 is 1.95 bits per heavy atom. The van der Waals surface area contributed by atoms with Crippen molar-refractivity contribution >= 4 is 0 Å². The summed E-state index contributed by atoms with van der Waals surface area (Å²) in [5.74, 6) is -2.09. The normalized spacial score (nSPS) is 25.4. The van der Waals surface area contributed by atoms with Gasteiger partial charge in [0.05, 0.1) is 12.0 Å². The van der Waals surface area contributed by atoms with E-state index < -0.39 is 24.1 Å². The zero-order valence-corrected chi connectivity index (χ0v) is 11.7. The molecule has 3 atom stereocenters. The molecule has 2 rings (SSSR count). The van der Waals surface area contributed by atoms with Crippen LogP contribution in [0, 0.1) is 11.8 Å². The Morgan fingerprint density at radius 1 is 1.25 bits per heavy atom. The summed E-state index contributed by atoms with van der Waals surface area (Å²) in [6.07, 6.45) is -2.47. The van der Waals surface area contributed by atoms with Gasteiger partial charge in [0.1, 0.15) is 0 Å². The molecule has 4 heteroatoms. The van der Waals surface area contributed by atoms with Gasteiger partial charge in [-0.3, -0.25) is 0 Å². The first-order valence-corrected chi connectivity index (χ1v) is 7.27. The first-order valence-electron chi connectivity index (χ1n) is 7.27. The highest BCUT2D eigenvalue weighted by Gasteiger charge is 2.47. The Morgan fingerprint density at radius 3 is 2.60 bits per heavy atom. The van der Waals surface area contributed by atoms with Crippen LogP contribution in [0.1, 0.15) is 49.8 Å². The maximum atomic E-state index is 13.1. The summed E-state index contributed by atoms with van der Waals surface area (Å²) >= 11 is 0. The number of aliphatic hydroxyl groups is 1. The summed E-state index contributed by atoms with van der Waals surface area (Å²) < 4.78 is 39.3. The van der Waals surface area contributed by atoms with Gasteiger partial charge in [0, 0.05) is 5.92 Å². The van der Waals surface area contributed by atoms with Gasteiger partial charge in [-0.15, -0.1) is 0 Å². The first-order chi connectivity index (χ1) is 9.43. The molecule has 1 aliphatic carbocycles. The minimum absolute atomic E-state index is 0.138. The molecule has 0 amide bonds. The van der Waals surface area contributed by atoms with Gasteiger partial charge >= 0.3 is 6.18 Å². The molecule has 1 aliphatic rings. The molecule has 112 valence electrons. The van der Waals surface area contributed by atoms with Crippen molar-refractivity contribution in [3.05, 3.63) is 35.4 Å². The fourth-order valence-electron chi connectivity index (χ4n) is 3.19. The van der Waals surface area contributed by atoms with Gasteiger partial charge in [-0.2, -0.15) is 13.2 Å². The number of rotatable bonds is 3. The van der Waals surface area contributed by atoms with E-state index in [0.29, 0.717) is 18.4 Å². The van der Waals surface area contributed by atoms with Crippen LogP contribution < -0.4 is 0 Å². The molecular weight excluding hydrogens is 265 g/mol. The van der Waals surface area contributed by atoms with Gasteiger partial charge in [-0.1, -0.05) is 44.0 Å². The molecule has 0 heterocycles. The van der Waals surface area contributed by atoms with Crippen LogP contribution in [0.5, 0.6) is 0 Å². The number of halogens is 3. The van der Waals surface area contributed by atoms with Gasteiger partial charge < -0.3 is 5.11 Å². The van der Waals surface area contributed by atoms with Crippen molar-refractivity contribution in [2.45, 2.75) is 51.3 Å². The molecule has 0 saturated heterocycles. The lowest BCUT2D eigenvalue weighted by molar-refractivity contribution is -0.207. The van der Waals surface area contributed by atoms with Crippen LogP contribution in [0.15, 0.2) is 24.3 Å². The molecule has 0 spiro atoms. The average molecular weight is 286 g/mol. The summed E-state index contributed by atoms with van der Waals surface area (Å²) in [7, 11) is 0. The van der Waals surface area contributed by atoms with Crippen LogP contribution in [-0.2, 0) is 6.42 Å². The van der Waals surface area contributed by atoms with Gasteiger partial charge in [-0.05, 0) is 30.4 Å². The highest BCUT2D eigenvalue weighted by atomic mass is 19.4. The lowest BCUT2D eigenvalue weighted by Crippen LogP contribution is -2.36. The third kappa shape index (κ3) is 3.35. The van der Waals surface area contributed by atoms with Gasteiger partial charge in [-0.25, -0.2) is 0 Å². The number of aryl methyl sites for hydroxylation is 1. The third-order valence-corrected chi connectivity index (χ3v) is 4.35. The van der Waals surface area contributed by atoms with Crippen molar-refractivity contribution in [3.8, 4) is 0 Å². The largest absolute Gasteiger partial charge is 0.392 e. The van der Waals surface area contributed by atoms with Crippen LogP contribution in [-0.4, -0.2) is 11.3 Å². The van der Waals surface area contributed by atoms with Gasteiger partial charge in [0.2, 0.25) is 0 Å². The van der Waals surface area contributed by atoms with Crippen molar-refractivity contribution in [1.82, 2.24) is 0 Å². The summed E-state index contributed by atoms with van der Waals surface area (Å²) in [6, 6.07) is 7.29. The Balaban J connectivity index is 2.22. The van der Waals surface area contributed by atoms with E-state index in [4.69, 9.17) is 0 Å². The highest BCUT2D eigenvalue weighted by Crippen LogP contribution is 2.46. The van der Waals surface area contributed by atoms with E-state index in [1.807, 2.05) is 25.1 Å².